The highest BCUT2D eigenvalue weighted by Gasteiger charge is 2.28. The summed E-state index contributed by atoms with van der Waals surface area (Å²) in [4.78, 5) is 24.8. The molecule has 2 fully saturated rings. The van der Waals surface area contributed by atoms with E-state index >= 15 is 0 Å². The van der Waals surface area contributed by atoms with Crippen LogP contribution in [0.3, 0.4) is 0 Å². The molecule has 1 saturated carbocycles. The molecule has 21 heavy (non-hydrogen) atoms. The van der Waals surface area contributed by atoms with Gasteiger partial charge in [-0.15, -0.1) is 0 Å². The molecule has 1 atom stereocenters. The van der Waals surface area contributed by atoms with Crippen LogP contribution < -0.4 is 4.90 Å². The Morgan fingerprint density at radius 2 is 1.95 bits per heavy atom. The van der Waals surface area contributed by atoms with Gasteiger partial charge in [-0.3, -0.25) is 4.79 Å². The molecule has 3 rings (SSSR count). The van der Waals surface area contributed by atoms with Crippen molar-refractivity contribution in [2.75, 3.05) is 37.7 Å². The first-order valence-corrected chi connectivity index (χ1v) is 7.66. The van der Waals surface area contributed by atoms with Crippen molar-refractivity contribution in [1.82, 2.24) is 14.9 Å². The van der Waals surface area contributed by atoms with Crippen LogP contribution in [0.5, 0.6) is 0 Å². The van der Waals surface area contributed by atoms with Crippen molar-refractivity contribution < 1.29 is 9.53 Å². The molecule has 114 valence electrons. The maximum Gasteiger partial charge on any atom is 0.251 e. The predicted molar refractivity (Wildman–Crippen MR) is 79.0 cm³/mol. The number of carbonyl (C=O) groups excluding carboxylic acids is 1. The average Bonchev–Trinajstić information content (AvgIpc) is 3.37. The molecule has 1 aromatic rings. The van der Waals surface area contributed by atoms with Crippen LogP contribution in [0.1, 0.15) is 19.8 Å². The zero-order valence-corrected chi connectivity index (χ0v) is 12.4. The Labute approximate surface area is 125 Å². The lowest BCUT2D eigenvalue weighted by molar-refractivity contribution is -0.143. The van der Waals surface area contributed by atoms with E-state index in [0.717, 1.165) is 25.6 Å². The highest BCUT2D eigenvalue weighted by molar-refractivity contribution is 5.80. The van der Waals surface area contributed by atoms with Crippen molar-refractivity contribution in [3.8, 4) is 0 Å². The van der Waals surface area contributed by atoms with Crippen molar-refractivity contribution in [3.63, 3.8) is 0 Å². The number of carbonyl (C=O) groups is 1. The van der Waals surface area contributed by atoms with E-state index in [4.69, 9.17) is 4.74 Å². The van der Waals surface area contributed by atoms with E-state index in [-0.39, 0.29) is 12.0 Å². The second kappa shape index (κ2) is 6.39. The molecule has 0 aromatic carbocycles. The van der Waals surface area contributed by atoms with Crippen molar-refractivity contribution in [1.29, 1.82) is 0 Å². The molecule has 0 N–H and O–H groups in total. The lowest BCUT2D eigenvalue weighted by atomic mass is 10.2. The van der Waals surface area contributed by atoms with E-state index in [1.54, 1.807) is 12.4 Å². The van der Waals surface area contributed by atoms with Crippen LogP contribution in [-0.2, 0) is 9.53 Å². The molecule has 1 saturated heterocycles. The molecule has 0 unspecified atom stereocenters. The number of hydrogen-bond donors (Lipinski definition) is 0. The maximum atomic E-state index is 12.3. The summed E-state index contributed by atoms with van der Waals surface area (Å²) < 4.78 is 5.66. The number of piperazine rings is 1. The fourth-order valence-electron chi connectivity index (χ4n) is 2.47. The summed E-state index contributed by atoms with van der Waals surface area (Å²) in [6, 6.07) is 1.81. The van der Waals surface area contributed by atoms with Crippen LogP contribution in [0.25, 0.3) is 0 Å². The standard InChI is InChI=1S/C15H22N4O2/c1-12(21-11-13-3-4-13)14(20)18-7-9-19(10-8-18)15-16-5-2-6-17-15/h2,5-6,12-13H,3-4,7-11H2,1H3/t12-/m1/s1. The van der Waals surface area contributed by atoms with Crippen LogP contribution in [-0.4, -0.2) is 59.7 Å². The van der Waals surface area contributed by atoms with Gasteiger partial charge in [0.2, 0.25) is 5.95 Å². The van der Waals surface area contributed by atoms with Gasteiger partial charge in [0.05, 0.1) is 6.61 Å². The summed E-state index contributed by atoms with van der Waals surface area (Å²) in [5.41, 5.74) is 0. The van der Waals surface area contributed by atoms with Gasteiger partial charge in [-0.2, -0.15) is 0 Å². The topological polar surface area (TPSA) is 58.6 Å². The normalized spacial score (nSPS) is 20.4. The van der Waals surface area contributed by atoms with E-state index < -0.39 is 0 Å². The summed E-state index contributed by atoms with van der Waals surface area (Å²) in [6.07, 6.45) is 5.65. The summed E-state index contributed by atoms with van der Waals surface area (Å²) in [5.74, 6) is 1.53. The van der Waals surface area contributed by atoms with Gasteiger partial charge in [0, 0.05) is 38.6 Å². The predicted octanol–water partition coefficient (Wildman–Crippen LogP) is 0.940. The van der Waals surface area contributed by atoms with Crippen LogP contribution in [0.2, 0.25) is 0 Å². The second-order valence-corrected chi connectivity index (χ2v) is 5.78. The van der Waals surface area contributed by atoms with E-state index in [0.29, 0.717) is 19.0 Å². The molecule has 1 aliphatic carbocycles. The van der Waals surface area contributed by atoms with E-state index in [9.17, 15) is 4.79 Å². The minimum Gasteiger partial charge on any atom is -0.368 e. The highest BCUT2D eigenvalue weighted by Crippen LogP contribution is 2.29. The Morgan fingerprint density at radius 3 is 2.57 bits per heavy atom. The quantitative estimate of drug-likeness (QED) is 0.808. The fraction of sp³-hybridized carbons (Fsp3) is 0.667. The van der Waals surface area contributed by atoms with E-state index in [2.05, 4.69) is 14.9 Å². The van der Waals surface area contributed by atoms with Gasteiger partial charge in [-0.25, -0.2) is 9.97 Å². The minimum absolute atomic E-state index is 0.101. The molecule has 1 aliphatic heterocycles. The third-order valence-electron chi connectivity index (χ3n) is 4.05. The van der Waals surface area contributed by atoms with Crippen molar-refractivity contribution in [2.45, 2.75) is 25.9 Å². The zero-order valence-electron chi connectivity index (χ0n) is 12.4. The number of nitrogens with zero attached hydrogens (tertiary/aromatic N) is 4. The molecule has 2 heterocycles. The van der Waals surface area contributed by atoms with Gasteiger partial charge in [0.25, 0.3) is 5.91 Å². The molecule has 6 nitrogen and oxygen atoms in total. The molecule has 2 aliphatic rings. The van der Waals surface area contributed by atoms with Crippen LogP contribution in [0.15, 0.2) is 18.5 Å². The Morgan fingerprint density at radius 1 is 1.29 bits per heavy atom. The molecule has 1 amide bonds. The summed E-state index contributed by atoms with van der Waals surface area (Å²) >= 11 is 0. The summed E-state index contributed by atoms with van der Waals surface area (Å²) in [6.45, 7) is 5.53. The van der Waals surface area contributed by atoms with Gasteiger partial charge < -0.3 is 14.5 Å². The van der Waals surface area contributed by atoms with Gasteiger partial charge >= 0.3 is 0 Å². The number of hydrogen-bond acceptors (Lipinski definition) is 5. The molecule has 0 radical (unpaired) electrons. The Balaban J connectivity index is 1.47. The van der Waals surface area contributed by atoms with E-state index in [1.807, 2.05) is 17.9 Å². The van der Waals surface area contributed by atoms with Gasteiger partial charge in [-0.1, -0.05) is 0 Å². The number of amides is 1. The van der Waals surface area contributed by atoms with Crippen LogP contribution >= 0.6 is 0 Å². The van der Waals surface area contributed by atoms with Crippen molar-refractivity contribution in [3.05, 3.63) is 18.5 Å². The molecular formula is C15H22N4O2. The Bertz CT molecular complexity index is 470. The zero-order chi connectivity index (χ0) is 14.7. The molecular weight excluding hydrogens is 268 g/mol. The maximum absolute atomic E-state index is 12.3. The average molecular weight is 290 g/mol. The lowest BCUT2D eigenvalue weighted by Crippen LogP contribution is -2.51. The lowest BCUT2D eigenvalue weighted by Gasteiger charge is -2.35. The highest BCUT2D eigenvalue weighted by atomic mass is 16.5. The smallest absolute Gasteiger partial charge is 0.251 e. The first-order chi connectivity index (χ1) is 10.2. The minimum atomic E-state index is -0.329. The van der Waals surface area contributed by atoms with Crippen LogP contribution in [0, 0.1) is 5.92 Å². The molecule has 6 heteroatoms. The van der Waals surface area contributed by atoms with Gasteiger partial charge in [0.1, 0.15) is 6.10 Å². The monoisotopic (exact) mass is 290 g/mol. The van der Waals surface area contributed by atoms with Crippen molar-refractivity contribution in [2.24, 2.45) is 5.92 Å². The van der Waals surface area contributed by atoms with Gasteiger partial charge in [-0.05, 0) is 31.7 Å². The number of aromatic nitrogens is 2. The SMILES string of the molecule is C[C@@H](OCC1CC1)C(=O)N1CCN(c2ncccn2)CC1. The molecule has 1 aromatic heterocycles. The fourth-order valence-corrected chi connectivity index (χ4v) is 2.47. The Kier molecular flexibility index (Phi) is 4.34. The molecule has 0 bridgehead atoms. The molecule has 0 spiro atoms. The number of anilines is 1. The first-order valence-electron chi connectivity index (χ1n) is 7.66. The number of rotatable bonds is 5. The Hall–Kier alpha value is -1.69. The summed E-state index contributed by atoms with van der Waals surface area (Å²) in [5, 5.41) is 0. The van der Waals surface area contributed by atoms with E-state index in [1.165, 1.54) is 12.8 Å². The van der Waals surface area contributed by atoms with Crippen LogP contribution in [0.4, 0.5) is 5.95 Å². The first kappa shape index (κ1) is 14.3. The van der Waals surface area contributed by atoms with Gasteiger partial charge in [0.15, 0.2) is 0 Å². The number of ether oxygens (including phenoxy) is 1. The third kappa shape index (κ3) is 3.69. The summed E-state index contributed by atoms with van der Waals surface area (Å²) in [7, 11) is 0. The second-order valence-electron chi connectivity index (χ2n) is 5.78. The van der Waals surface area contributed by atoms with Crippen molar-refractivity contribution >= 4 is 11.9 Å². The third-order valence-corrected chi connectivity index (χ3v) is 4.05. The largest absolute Gasteiger partial charge is 0.368 e.